The molecule has 202 valence electrons. The van der Waals surface area contributed by atoms with Crippen LogP contribution in [0.1, 0.15) is 0 Å². The molecule has 9 rings (SSSR count). The van der Waals surface area contributed by atoms with Gasteiger partial charge in [0.1, 0.15) is 0 Å². The van der Waals surface area contributed by atoms with E-state index in [1.807, 2.05) is 22.7 Å². The largest absolute Gasteiger partial charge is 0.310 e. The van der Waals surface area contributed by atoms with Gasteiger partial charge in [0.15, 0.2) is 0 Å². The van der Waals surface area contributed by atoms with Crippen molar-refractivity contribution in [2.75, 3.05) is 4.90 Å². The molecule has 0 amide bonds. The van der Waals surface area contributed by atoms with Crippen molar-refractivity contribution in [3.05, 3.63) is 152 Å². The number of hydrogen-bond donors (Lipinski definition) is 0. The molecule has 0 aliphatic carbocycles. The van der Waals surface area contributed by atoms with Crippen molar-refractivity contribution in [1.29, 1.82) is 0 Å². The van der Waals surface area contributed by atoms with Gasteiger partial charge in [0.2, 0.25) is 0 Å². The molecule has 0 saturated heterocycles. The standard InChI is InChI=1S/C40H25NS2/c1-2-8-26(9-3-1)27-14-17-29(18-15-27)41(31-19-22-34-33-12-6-7-13-37(33)42-39(34)25-31)30-20-23-38-36(24-30)35-21-16-28-10-4-5-11-32(28)40(35)43-38/h1-25H. The molecule has 0 radical (unpaired) electrons. The van der Waals surface area contributed by atoms with Gasteiger partial charge in [-0.15, -0.1) is 22.7 Å². The maximum absolute atomic E-state index is 2.41. The zero-order valence-electron chi connectivity index (χ0n) is 23.2. The molecule has 0 bridgehead atoms. The third-order valence-electron chi connectivity index (χ3n) is 8.46. The van der Waals surface area contributed by atoms with Gasteiger partial charge in [-0.1, -0.05) is 103 Å². The van der Waals surface area contributed by atoms with E-state index in [1.165, 1.54) is 62.2 Å². The molecule has 9 aromatic rings. The van der Waals surface area contributed by atoms with Gasteiger partial charge in [0.05, 0.1) is 0 Å². The third kappa shape index (κ3) is 4.04. The van der Waals surface area contributed by atoms with Crippen LogP contribution in [0.15, 0.2) is 152 Å². The Morgan fingerprint density at radius 2 is 0.977 bits per heavy atom. The highest BCUT2D eigenvalue weighted by molar-refractivity contribution is 7.26. The van der Waals surface area contributed by atoms with Crippen molar-refractivity contribution in [1.82, 2.24) is 0 Å². The van der Waals surface area contributed by atoms with Crippen molar-refractivity contribution in [3.63, 3.8) is 0 Å². The molecular weight excluding hydrogens is 559 g/mol. The average molecular weight is 584 g/mol. The van der Waals surface area contributed by atoms with Gasteiger partial charge in [0, 0.05) is 57.4 Å². The second-order valence-corrected chi connectivity index (χ2v) is 13.1. The minimum absolute atomic E-state index is 1.14. The van der Waals surface area contributed by atoms with Crippen LogP contribution in [-0.2, 0) is 0 Å². The van der Waals surface area contributed by atoms with Crippen molar-refractivity contribution in [2.24, 2.45) is 0 Å². The third-order valence-corrected chi connectivity index (χ3v) is 10.8. The van der Waals surface area contributed by atoms with E-state index in [4.69, 9.17) is 0 Å². The van der Waals surface area contributed by atoms with E-state index in [1.54, 1.807) is 0 Å². The van der Waals surface area contributed by atoms with Crippen LogP contribution in [-0.4, -0.2) is 0 Å². The number of rotatable bonds is 4. The minimum atomic E-state index is 1.14. The Balaban J connectivity index is 1.24. The summed E-state index contributed by atoms with van der Waals surface area (Å²) in [5, 5.41) is 7.88. The van der Waals surface area contributed by atoms with Crippen molar-refractivity contribution < 1.29 is 0 Å². The fraction of sp³-hybridized carbons (Fsp3) is 0. The first kappa shape index (κ1) is 24.6. The number of hydrogen-bond acceptors (Lipinski definition) is 3. The first-order valence-electron chi connectivity index (χ1n) is 14.5. The summed E-state index contributed by atoms with van der Waals surface area (Å²) in [6, 6.07) is 55.4. The maximum Gasteiger partial charge on any atom is 0.0476 e. The van der Waals surface area contributed by atoms with Crippen LogP contribution < -0.4 is 4.90 Å². The van der Waals surface area contributed by atoms with E-state index >= 15 is 0 Å². The molecule has 0 N–H and O–H groups in total. The topological polar surface area (TPSA) is 3.24 Å². The van der Waals surface area contributed by atoms with E-state index < -0.39 is 0 Å². The molecular formula is C40H25NS2. The fourth-order valence-electron chi connectivity index (χ4n) is 6.37. The lowest BCUT2D eigenvalue weighted by atomic mass is 10.0. The Hall–Kier alpha value is -4.96. The molecule has 43 heavy (non-hydrogen) atoms. The molecule has 0 aliphatic rings. The first-order valence-corrected chi connectivity index (χ1v) is 16.1. The summed E-state index contributed by atoms with van der Waals surface area (Å²) in [7, 11) is 0. The number of fused-ring (bicyclic) bond motifs is 8. The van der Waals surface area contributed by atoms with Crippen molar-refractivity contribution in [3.8, 4) is 11.1 Å². The van der Waals surface area contributed by atoms with Gasteiger partial charge in [-0.25, -0.2) is 0 Å². The lowest BCUT2D eigenvalue weighted by molar-refractivity contribution is 1.30. The molecule has 2 heterocycles. The van der Waals surface area contributed by atoms with E-state index in [0.29, 0.717) is 0 Å². The fourth-order valence-corrected chi connectivity index (χ4v) is 8.72. The van der Waals surface area contributed by atoms with E-state index in [0.717, 1.165) is 17.1 Å². The molecule has 0 unspecified atom stereocenters. The van der Waals surface area contributed by atoms with Crippen LogP contribution in [0, 0.1) is 0 Å². The summed E-state index contributed by atoms with van der Waals surface area (Å²) < 4.78 is 5.30. The van der Waals surface area contributed by atoms with Crippen LogP contribution in [0.4, 0.5) is 17.1 Å². The predicted octanol–water partition coefficient (Wildman–Crippen LogP) is 12.7. The van der Waals surface area contributed by atoms with Gasteiger partial charge in [0.25, 0.3) is 0 Å². The zero-order chi connectivity index (χ0) is 28.3. The number of benzene rings is 7. The molecule has 7 aromatic carbocycles. The Bertz CT molecular complexity index is 2450. The van der Waals surface area contributed by atoms with Crippen LogP contribution in [0.3, 0.4) is 0 Å². The maximum atomic E-state index is 2.41. The van der Waals surface area contributed by atoms with Gasteiger partial charge < -0.3 is 4.90 Å². The lowest BCUT2D eigenvalue weighted by Crippen LogP contribution is -2.09. The second kappa shape index (κ2) is 9.81. The van der Waals surface area contributed by atoms with Gasteiger partial charge in [-0.2, -0.15) is 0 Å². The normalized spacial score (nSPS) is 11.7. The Morgan fingerprint density at radius 3 is 1.86 bits per heavy atom. The molecule has 0 atom stereocenters. The molecule has 0 saturated carbocycles. The summed E-state index contributed by atoms with van der Waals surface area (Å²) in [5.41, 5.74) is 5.91. The second-order valence-electron chi connectivity index (χ2n) is 11.0. The molecule has 0 spiro atoms. The Morgan fingerprint density at radius 1 is 0.349 bits per heavy atom. The summed E-state index contributed by atoms with van der Waals surface area (Å²) in [6.45, 7) is 0. The van der Waals surface area contributed by atoms with Crippen LogP contribution in [0.5, 0.6) is 0 Å². The van der Waals surface area contributed by atoms with Crippen LogP contribution in [0.2, 0.25) is 0 Å². The number of nitrogens with zero attached hydrogens (tertiary/aromatic N) is 1. The summed E-state index contributed by atoms with van der Waals surface area (Å²) >= 11 is 3.76. The van der Waals surface area contributed by atoms with E-state index in [9.17, 15) is 0 Å². The minimum Gasteiger partial charge on any atom is -0.310 e. The monoisotopic (exact) mass is 583 g/mol. The smallest absolute Gasteiger partial charge is 0.0476 e. The van der Waals surface area contributed by atoms with Crippen molar-refractivity contribution >= 4 is 90.9 Å². The van der Waals surface area contributed by atoms with Crippen molar-refractivity contribution in [2.45, 2.75) is 0 Å². The Kier molecular flexibility index (Phi) is 5.62. The Labute approximate surface area is 257 Å². The summed E-state index contributed by atoms with van der Waals surface area (Å²) in [5.74, 6) is 0. The summed E-state index contributed by atoms with van der Waals surface area (Å²) in [6.07, 6.45) is 0. The van der Waals surface area contributed by atoms with Gasteiger partial charge >= 0.3 is 0 Å². The van der Waals surface area contributed by atoms with Gasteiger partial charge in [-0.3, -0.25) is 0 Å². The molecule has 0 aliphatic heterocycles. The van der Waals surface area contributed by atoms with E-state index in [-0.39, 0.29) is 0 Å². The summed E-state index contributed by atoms with van der Waals surface area (Å²) in [4.78, 5) is 2.41. The van der Waals surface area contributed by atoms with E-state index in [2.05, 4.69) is 157 Å². The highest BCUT2D eigenvalue weighted by Gasteiger charge is 2.17. The number of anilines is 3. The predicted molar refractivity (Wildman–Crippen MR) is 190 cm³/mol. The molecule has 2 aromatic heterocycles. The zero-order valence-corrected chi connectivity index (χ0v) is 24.8. The first-order chi connectivity index (χ1) is 21.3. The molecule has 1 nitrogen and oxygen atoms in total. The highest BCUT2D eigenvalue weighted by atomic mass is 32.1. The SMILES string of the molecule is c1ccc(-c2ccc(N(c3ccc4c(c3)sc3ccccc34)c3ccc4sc5c6ccccc6ccc5c4c3)cc2)cc1. The highest BCUT2D eigenvalue weighted by Crippen LogP contribution is 2.44. The molecule has 3 heteroatoms. The number of thiophene rings is 2. The lowest BCUT2D eigenvalue weighted by Gasteiger charge is -2.26. The van der Waals surface area contributed by atoms with Gasteiger partial charge in [-0.05, 0) is 70.4 Å². The average Bonchev–Trinajstić information content (AvgIpc) is 3.64. The molecule has 0 fully saturated rings. The quantitative estimate of drug-likeness (QED) is 0.199. The van der Waals surface area contributed by atoms with Crippen LogP contribution >= 0.6 is 22.7 Å². The van der Waals surface area contributed by atoms with Crippen LogP contribution in [0.25, 0.3) is 62.2 Å².